The number of benzene rings is 3. The Labute approximate surface area is 197 Å². The third kappa shape index (κ3) is 4.11. The summed E-state index contributed by atoms with van der Waals surface area (Å²) in [6, 6.07) is 26.7. The van der Waals surface area contributed by atoms with Crippen molar-refractivity contribution in [2.24, 2.45) is 0 Å². The van der Waals surface area contributed by atoms with Crippen LogP contribution in [0.4, 0.5) is 0 Å². The summed E-state index contributed by atoms with van der Waals surface area (Å²) < 4.78 is 5.86. The zero-order chi connectivity index (χ0) is 23.5. The first kappa shape index (κ1) is 21.7. The van der Waals surface area contributed by atoms with Crippen molar-refractivity contribution < 1.29 is 14.6 Å². The summed E-state index contributed by atoms with van der Waals surface area (Å²) in [7, 11) is 0. The van der Waals surface area contributed by atoms with Gasteiger partial charge >= 0.3 is 0 Å². The lowest BCUT2D eigenvalue weighted by Crippen LogP contribution is -2.29. The molecule has 0 aliphatic carbocycles. The van der Waals surface area contributed by atoms with Crippen molar-refractivity contribution >= 4 is 27.7 Å². The monoisotopic (exact) mass is 451 g/mol. The van der Waals surface area contributed by atoms with Crippen molar-refractivity contribution in [3.63, 3.8) is 0 Å². The molecule has 0 saturated carbocycles. The van der Waals surface area contributed by atoms with Gasteiger partial charge < -0.3 is 20.1 Å². The molecule has 5 aromatic rings. The topological polar surface area (TPSA) is 87.2 Å². The maximum atomic E-state index is 13.2. The number of carbonyl (C=O) groups excluding carboxylic acids is 1. The number of ether oxygens (including phenoxy) is 1. The molecular formula is C28H25N3O3. The van der Waals surface area contributed by atoms with Crippen LogP contribution in [0.2, 0.25) is 0 Å². The highest BCUT2D eigenvalue weighted by Gasteiger charge is 2.20. The number of aliphatic hydroxyl groups is 1. The molecule has 0 bridgehead atoms. The predicted octanol–water partition coefficient (Wildman–Crippen LogP) is 5.25. The van der Waals surface area contributed by atoms with Crippen molar-refractivity contribution in [1.82, 2.24) is 15.3 Å². The number of nitrogens with zero attached hydrogens (tertiary/aromatic N) is 1. The number of amides is 1. The fourth-order valence-electron chi connectivity index (χ4n) is 4.17. The van der Waals surface area contributed by atoms with Gasteiger partial charge in [-0.3, -0.25) is 4.79 Å². The standard InChI is InChI=1S/C28H25N3O3/c1-2-34-25-15-9-7-13-20(25)26-27-21(19-12-6-8-14-22(19)30-27)16-23(31-26)28(33)29-17-24(32)18-10-4-3-5-11-18/h3-16,24,30,32H,2,17H2,1H3,(H,29,33). The Bertz CT molecular complexity index is 1460. The number of para-hydroxylation sites is 2. The molecule has 5 rings (SSSR count). The maximum absolute atomic E-state index is 13.2. The zero-order valence-corrected chi connectivity index (χ0v) is 18.8. The SMILES string of the molecule is CCOc1ccccc1-c1nc(C(=O)NCC(O)c2ccccc2)cc2c1[nH]c1ccccc12. The van der Waals surface area contributed by atoms with Crippen LogP contribution in [0.15, 0.2) is 84.9 Å². The van der Waals surface area contributed by atoms with E-state index in [2.05, 4.69) is 10.3 Å². The number of hydrogen-bond acceptors (Lipinski definition) is 4. The van der Waals surface area contributed by atoms with Gasteiger partial charge in [0.05, 0.1) is 23.9 Å². The van der Waals surface area contributed by atoms with Crippen molar-refractivity contribution in [3.05, 3.63) is 96.2 Å². The van der Waals surface area contributed by atoms with E-state index in [0.29, 0.717) is 18.1 Å². The van der Waals surface area contributed by atoms with Crippen LogP contribution < -0.4 is 10.1 Å². The largest absolute Gasteiger partial charge is 0.493 e. The summed E-state index contributed by atoms with van der Waals surface area (Å²) in [5, 5.41) is 15.2. The van der Waals surface area contributed by atoms with Crippen LogP contribution in [0.3, 0.4) is 0 Å². The Morgan fingerprint density at radius 3 is 2.56 bits per heavy atom. The highest BCUT2D eigenvalue weighted by molar-refractivity contribution is 6.13. The molecule has 170 valence electrons. The van der Waals surface area contributed by atoms with E-state index in [1.165, 1.54) is 0 Å². The number of aromatic amines is 1. The van der Waals surface area contributed by atoms with Crippen LogP contribution in [0, 0.1) is 0 Å². The Hall–Kier alpha value is -4.16. The first-order valence-electron chi connectivity index (χ1n) is 11.3. The number of hydrogen-bond donors (Lipinski definition) is 3. The fourth-order valence-corrected chi connectivity index (χ4v) is 4.17. The van der Waals surface area contributed by atoms with E-state index in [1.807, 2.05) is 85.8 Å². The number of pyridine rings is 1. The van der Waals surface area contributed by atoms with Gasteiger partial charge in [-0.1, -0.05) is 60.7 Å². The Morgan fingerprint density at radius 2 is 1.74 bits per heavy atom. The highest BCUT2D eigenvalue weighted by Crippen LogP contribution is 2.36. The van der Waals surface area contributed by atoms with Crippen LogP contribution in [0.1, 0.15) is 29.1 Å². The summed E-state index contributed by atoms with van der Waals surface area (Å²) in [6.07, 6.45) is -0.805. The second kappa shape index (κ2) is 9.37. The minimum atomic E-state index is -0.805. The summed E-state index contributed by atoms with van der Waals surface area (Å²) in [5.41, 5.74) is 4.28. The van der Waals surface area contributed by atoms with Gasteiger partial charge in [0.25, 0.3) is 5.91 Å². The van der Waals surface area contributed by atoms with Gasteiger partial charge in [0.15, 0.2) is 0 Å². The highest BCUT2D eigenvalue weighted by atomic mass is 16.5. The van der Waals surface area contributed by atoms with E-state index in [-0.39, 0.29) is 18.1 Å². The minimum Gasteiger partial charge on any atom is -0.493 e. The lowest BCUT2D eigenvalue weighted by molar-refractivity contribution is 0.0911. The molecule has 0 aliphatic heterocycles. The average Bonchev–Trinajstić information content (AvgIpc) is 3.26. The lowest BCUT2D eigenvalue weighted by Gasteiger charge is -2.14. The number of rotatable bonds is 7. The van der Waals surface area contributed by atoms with E-state index in [0.717, 1.165) is 32.9 Å². The summed E-state index contributed by atoms with van der Waals surface area (Å²) in [6.45, 7) is 2.54. The molecule has 0 spiro atoms. The molecule has 3 N–H and O–H groups in total. The van der Waals surface area contributed by atoms with Gasteiger partial charge in [-0.25, -0.2) is 4.98 Å². The van der Waals surface area contributed by atoms with Crippen LogP contribution in [-0.2, 0) is 0 Å². The molecule has 0 radical (unpaired) electrons. The number of H-pyrrole nitrogens is 1. The Morgan fingerprint density at radius 1 is 1.00 bits per heavy atom. The summed E-state index contributed by atoms with van der Waals surface area (Å²) in [4.78, 5) is 21.4. The van der Waals surface area contributed by atoms with Crippen LogP contribution in [-0.4, -0.2) is 34.1 Å². The van der Waals surface area contributed by atoms with E-state index in [1.54, 1.807) is 6.07 Å². The maximum Gasteiger partial charge on any atom is 0.270 e. The first-order chi connectivity index (χ1) is 16.7. The van der Waals surface area contributed by atoms with E-state index in [4.69, 9.17) is 9.72 Å². The molecule has 0 fully saturated rings. The molecule has 2 heterocycles. The normalized spacial score (nSPS) is 12.1. The van der Waals surface area contributed by atoms with Gasteiger partial charge in [-0.2, -0.15) is 0 Å². The molecule has 1 amide bonds. The van der Waals surface area contributed by atoms with E-state index >= 15 is 0 Å². The third-order valence-corrected chi connectivity index (χ3v) is 5.81. The number of nitrogens with one attached hydrogen (secondary N) is 2. The molecule has 6 heteroatoms. The number of carbonyl (C=O) groups is 1. The summed E-state index contributed by atoms with van der Waals surface area (Å²) >= 11 is 0. The third-order valence-electron chi connectivity index (χ3n) is 5.81. The zero-order valence-electron chi connectivity index (χ0n) is 18.8. The van der Waals surface area contributed by atoms with E-state index in [9.17, 15) is 9.90 Å². The van der Waals surface area contributed by atoms with Gasteiger partial charge in [0.1, 0.15) is 11.4 Å². The molecule has 1 unspecified atom stereocenters. The van der Waals surface area contributed by atoms with Gasteiger partial charge in [-0.05, 0) is 36.8 Å². The molecule has 34 heavy (non-hydrogen) atoms. The molecular weight excluding hydrogens is 426 g/mol. The minimum absolute atomic E-state index is 0.0846. The van der Waals surface area contributed by atoms with Crippen molar-refractivity contribution in [3.8, 4) is 17.0 Å². The molecule has 0 saturated heterocycles. The van der Waals surface area contributed by atoms with Gasteiger partial charge in [0, 0.05) is 28.4 Å². The second-order valence-electron chi connectivity index (χ2n) is 8.01. The molecule has 2 aromatic heterocycles. The van der Waals surface area contributed by atoms with Crippen LogP contribution in [0.5, 0.6) is 5.75 Å². The van der Waals surface area contributed by atoms with Crippen molar-refractivity contribution in [1.29, 1.82) is 0 Å². The van der Waals surface area contributed by atoms with E-state index < -0.39 is 6.10 Å². The molecule has 1 atom stereocenters. The first-order valence-corrected chi connectivity index (χ1v) is 11.3. The quantitative estimate of drug-likeness (QED) is 0.316. The average molecular weight is 452 g/mol. The lowest BCUT2D eigenvalue weighted by atomic mass is 10.1. The number of aromatic nitrogens is 2. The number of fused-ring (bicyclic) bond motifs is 3. The fraction of sp³-hybridized carbons (Fsp3) is 0.143. The smallest absolute Gasteiger partial charge is 0.270 e. The second-order valence-corrected chi connectivity index (χ2v) is 8.01. The Balaban J connectivity index is 1.58. The number of aliphatic hydroxyl groups excluding tert-OH is 1. The van der Waals surface area contributed by atoms with Crippen LogP contribution >= 0.6 is 0 Å². The van der Waals surface area contributed by atoms with Gasteiger partial charge in [-0.15, -0.1) is 0 Å². The Kier molecular flexibility index (Phi) is 5.97. The van der Waals surface area contributed by atoms with Gasteiger partial charge in [0.2, 0.25) is 0 Å². The van der Waals surface area contributed by atoms with Crippen molar-refractivity contribution in [2.75, 3.05) is 13.2 Å². The molecule has 0 aliphatic rings. The van der Waals surface area contributed by atoms with Crippen LogP contribution in [0.25, 0.3) is 33.1 Å². The summed E-state index contributed by atoms with van der Waals surface area (Å²) in [5.74, 6) is 0.354. The molecule has 6 nitrogen and oxygen atoms in total. The predicted molar refractivity (Wildman–Crippen MR) is 134 cm³/mol. The van der Waals surface area contributed by atoms with Crippen molar-refractivity contribution in [2.45, 2.75) is 13.0 Å². The molecule has 3 aromatic carbocycles.